The molecule has 2 heterocycles. The highest BCUT2D eigenvalue weighted by molar-refractivity contribution is 5.79. The van der Waals surface area contributed by atoms with E-state index in [1.54, 1.807) is 18.4 Å². The first kappa shape index (κ1) is 30.8. The van der Waals surface area contributed by atoms with Gasteiger partial charge in [-0.2, -0.15) is 5.10 Å². The molecule has 4 aromatic rings. The quantitative estimate of drug-likeness (QED) is 0.0537. The number of aliphatic imine (C=N–C) groups is 1. The van der Waals surface area contributed by atoms with Gasteiger partial charge in [0, 0.05) is 35.8 Å². The van der Waals surface area contributed by atoms with Gasteiger partial charge < -0.3 is 0 Å². The number of pyridine rings is 1. The summed E-state index contributed by atoms with van der Waals surface area (Å²) in [6.45, 7) is 10.9. The molecule has 0 saturated heterocycles. The molecule has 0 aliphatic heterocycles. The number of carbonyl (C=O) groups excluding carboxylic acids is 1. The second kappa shape index (κ2) is 15.2. The van der Waals surface area contributed by atoms with Crippen molar-refractivity contribution in [3.8, 4) is 11.4 Å². The maximum atomic E-state index is 11.1. The fourth-order valence-electron chi connectivity index (χ4n) is 5.02. The number of hydrogen-bond donors (Lipinski definition) is 0. The summed E-state index contributed by atoms with van der Waals surface area (Å²) in [7, 11) is 0. The Labute approximate surface area is 255 Å². The molecule has 2 aromatic carbocycles. The molecular weight excluding hydrogens is 528 g/mol. The van der Waals surface area contributed by atoms with E-state index in [2.05, 4.69) is 78.5 Å². The minimum atomic E-state index is -0.682. The lowest BCUT2D eigenvalue weighted by atomic mass is 9.82. The van der Waals surface area contributed by atoms with Crippen LogP contribution in [0.1, 0.15) is 42.7 Å². The summed E-state index contributed by atoms with van der Waals surface area (Å²) in [5.41, 5.74) is 6.50. The van der Waals surface area contributed by atoms with Crippen molar-refractivity contribution in [2.24, 2.45) is 4.99 Å². The summed E-state index contributed by atoms with van der Waals surface area (Å²) in [5, 5.41) is 5.25. The van der Waals surface area contributed by atoms with Crippen LogP contribution < -0.4 is 0 Å². The van der Waals surface area contributed by atoms with E-state index in [0.29, 0.717) is 18.5 Å². The number of nitrogens with zero attached hydrogens (tertiary/aromatic N) is 4. The number of hydrogen-bond acceptors (Lipinski definition) is 4. The second-order valence-electron chi connectivity index (χ2n) is 10.1. The summed E-state index contributed by atoms with van der Waals surface area (Å²) >= 11 is 0. The van der Waals surface area contributed by atoms with E-state index in [1.165, 1.54) is 0 Å². The first-order valence-corrected chi connectivity index (χ1v) is 14.4. The summed E-state index contributed by atoms with van der Waals surface area (Å²) in [4.78, 5) is 20.4. The maximum absolute atomic E-state index is 11.1. The van der Waals surface area contributed by atoms with E-state index in [4.69, 9.17) is 10.1 Å². The Balaban J connectivity index is 1.74. The van der Waals surface area contributed by atoms with Crippen molar-refractivity contribution in [3.05, 3.63) is 162 Å². The molecule has 0 unspecified atom stereocenters. The summed E-state index contributed by atoms with van der Waals surface area (Å²) in [6.07, 6.45) is 18.6. The van der Waals surface area contributed by atoms with Crippen LogP contribution in [0.3, 0.4) is 0 Å². The van der Waals surface area contributed by atoms with Crippen molar-refractivity contribution in [2.45, 2.75) is 32.7 Å². The van der Waals surface area contributed by atoms with Crippen LogP contribution in [0.25, 0.3) is 17.0 Å². The number of carbonyl (C=O) groups is 1. The molecule has 0 atom stereocenters. The highest BCUT2D eigenvalue weighted by Crippen LogP contribution is 2.38. The zero-order valence-corrected chi connectivity index (χ0v) is 25.1. The van der Waals surface area contributed by atoms with E-state index in [0.717, 1.165) is 45.6 Å². The molecule has 5 heteroatoms. The van der Waals surface area contributed by atoms with Gasteiger partial charge in [-0.05, 0) is 62.1 Å². The number of rotatable bonds is 13. The molecule has 0 radical (unpaired) electrons. The molecule has 43 heavy (non-hydrogen) atoms. The Bertz CT molecular complexity index is 1630. The molecule has 216 valence electrons. The lowest BCUT2D eigenvalue weighted by Gasteiger charge is -2.33. The van der Waals surface area contributed by atoms with E-state index < -0.39 is 5.54 Å². The number of aryl methyl sites for hydroxylation is 1. The van der Waals surface area contributed by atoms with Gasteiger partial charge in [-0.15, -0.1) is 0 Å². The van der Waals surface area contributed by atoms with E-state index in [9.17, 15) is 4.79 Å². The molecule has 2 aromatic heterocycles. The Morgan fingerprint density at radius 2 is 1.63 bits per heavy atom. The summed E-state index contributed by atoms with van der Waals surface area (Å²) in [6, 6.07) is 26.9. The normalized spacial score (nSPS) is 12.7. The van der Waals surface area contributed by atoms with Gasteiger partial charge in [0.25, 0.3) is 0 Å². The molecule has 0 fully saturated rings. The molecule has 0 saturated carbocycles. The van der Waals surface area contributed by atoms with Crippen molar-refractivity contribution in [1.82, 2.24) is 14.8 Å². The Morgan fingerprint density at radius 1 is 0.930 bits per heavy atom. The first-order valence-electron chi connectivity index (χ1n) is 14.4. The number of aromatic nitrogens is 3. The fourth-order valence-corrected chi connectivity index (χ4v) is 5.02. The van der Waals surface area contributed by atoms with Crippen molar-refractivity contribution < 1.29 is 4.79 Å². The van der Waals surface area contributed by atoms with Crippen molar-refractivity contribution >= 4 is 18.1 Å². The SMILES string of the molecule is C=C(CCN=C/C=C/C=C(C=O)\C=C/C)c1cn(C(/C=C/C)(c2ccccc2)c2ccccc2)nc1-c1cccc(C)n1. The molecule has 0 N–H and O–H groups in total. The molecule has 4 rings (SSSR count). The van der Waals surface area contributed by atoms with Gasteiger partial charge in [0.05, 0.1) is 5.69 Å². The zero-order valence-electron chi connectivity index (χ0n) is 25.1. The number of aldehydes is 1. The van der Waals surface area contributed by atoms with Crippen LogP contribution in [0, 0.1) is 6.92 Å². The molecule has 0 aliphatic carbocycles. The van der Waals surface area contributed by atoms with Gasteiger partial charge in [-0.3, -0.25) is 19.5 Å². The standard InChI is InChI=1S/C38H38N4O/c1-5-16-32(29-43)18-13-14-26-39-27-24-30(3)35-28-42(41-37(35)36-23-15-17-31(4)40-36)38(25-6-2,33-19-9-7-10-20-33)34-21-11-8-12-22-34/h5-23,25-26,28-29H,3,24,27H2,1-2,4H3/b14-13+,16-5-,25-6+,32-18+,39-26?. The molecule has 0 spiro atoms. The van der Waals surface area contributed by atoms with Crippen LogP contribution in [-0.4, -0.2) is 33.8 Å². The van der Waals surface area contributed by atoms with Crippen molar-refractivity contribution in [3.63, 3.8) is 0 Å². The second-order valence-corrected chi connectivity index (χ2v) is 10.1. The summed E-state index contributed by atoms with van der Waals surface area (Å²) < 4.78 is 2.05. The van der Waals surface area contributed by atoms with Crippen LogP contribution in [-0.2, 0) is 10.3 Å². The zero-order chi connectivity index (χ0) is 30.5. The van der Waals surface area contributed by atoms with Gasteiger partial charge >= 0.3 is 0 Å². The predicted molar refractivity (Wildman–Crippen MR) is 179 cm³/mol. The van der Waals surface area contributed by atoms with Crippen LogP contribution in [0.2, 0.25) is 0 Å². The molecule has 0 bridgehead atoms. The van der Waals surface area contributed by atoms with Crippen LogP contribution in [0.5, 0.6) is 0 Å². The molecule has 5 nitrogen and oxygen atoms in total. The number of allylic oxidation sites excluding steroid dienone is 8. The molecule has 0 amide bonds. The average molecular weight is 567 g/mol. The predicted octanol–water partition coefficient (Wildman–Crippen LogP) is 8.35. The van der Waals surface area contributed by atoms with Crippen molar-refractivity contribution in [1.29, 1.82) is 0 Å². The average Bonchev–Trinajstić information content (AvgIpc) is 3.49. The Kier molecular flexibility index (Phi) is 10.9. The highest BCUT2D eigenvalue weighted by Gasteiger charge is 2.35. The molecule has 0 aliphatic rings. The van der Waals surface area contributed by atoms with E-state index in [-0.39, 0.29) is 0 Å². The topological polar surface area (TPSA) is 60.1 Å². The summed E-state index contributed by atoms with van der Waals surface area (Å²) in [5.74, 6) is 0. The lowest BCUT2D eigenvalue weighted by molar-refractivity contribution is -0.104. The van der Waals surface area contributed by atoms with Crippen molar-refractivity contribution in [2.75, 3.05) is 6.54 Å². The largest absolute Gasteiger partial charge is 0.298 e. The minimum absolute atomic E-state index is 0.561. The smallest absolute Gasteiger partial charge is 0.150 e. The van der Waals surface area contributed by atoms with Gasteiger partial charge in [0.2, 0.25) is 0 Å². The van der Waals surface area contributed by atoms with Gasteiger partial charge in [-0.25, -0.2) is 0 Å². The number of benzene rings is 2. The monoisotopic (exact) mass is 566 g/mol. The van der Waals surface area contributed by atoms with Crippen LogP contribution in [0.4, 0.5) is 0 Å². The van der Waals surface area contributed by atoms with E-state index in [1.807, 2.05) is 74.0 Å². The van der Waals surface area contributed by atoms with E-state index >= 15 is 0 Å². The van der Waals surface area contributed by atoms with Crippen LogP contribution in [0.15, 0.2) is 145 Å². The van der Waals surface area contributed by atoms with Gasteiger partial charge in [0.15, 0.2) is 0 Å². The lowest BCUT2D eigenvalue weighted by Crippen LogP contribution is -2.35. The Hall–Kier alpha value is -5.16. The fraction of sp³-hybridized carbons (Fsp3) is 0.158. The van der Waals surface area contributed by atoms with Gasteiger partial charge in [0.1, 0.15) is 17.5 Å². The third-order valence-corrected chi connectivity index (χ3v) is 7.05. The van der Waals surface area contributed by atoms with Crippen LogP contribution >= 0.6 is 0 Å². The minimum Gasteiger partial charge on any atom is -0.298 e. The Morgan fingerprint density at radius 3 is 2.23 bits per heavy atom. The third-order valence-electron chi connectivity index (χ3n) is 7.05. The first-order chi connectivity index (χ1) is 21.0. The third kappa shape index (κ3) is 7.38. The molecular formula is C38H38N4O. The highest BCUT2D eigenvalue weighted by atomic mass is 16.1. The maximum Gasteiger partial charge on any atom is 0.150 e. The van der Waals surface area contributed by atoms with Gasteiger partial charge in [-0.1, -0.05) is 110 Å².